The third-order valence-corrected chi connectivity index (χ3v) is 7.97. The van der Waals surface area contributed by atoms with E-state index in [0.29, 0.717) is 26.1 Å². The molecular formula is C24H32N3O3P. The zero-order valence-electron chi connectivity index (χ0n) is 18.8. The second-order valence-corrected chi connectivity index (χ2v) is 9.56. The molecule has 4 rings (SSSR count). The van der Waals surface area contributed by atoms with Crippen LogP contribution in [0.25, 0.3) is 5.31 Å². The molecule has 7 heteroatoms. The lowest BCUT2D eigenvalue weighted by molar-refractivity contribution is -0.124. The van der Waals surface area contributed by atoms with Crippen LogP contribution in [0.5, 0.6) is 11.5 Å². The summed E-state index contributed by atoms with van der Waals surface area (Å²) in [6, 6.07) is 6.46. The molecule has 0 bridgehead atoms. The number of nitrogens with zero attached hydrogens (tertiary/aromatic N) is 2. The van der Waals surface area contributed by atoms with Crippen LogP contribution in [0.15, 0.2) is 47.8 Å². The van der Waals surface area contributed by atoms with Crippen molar-refractivity contribution < 1.29 is 14.3 Å². The molecule has 0 saturated carbocycles. The van der Waals surface area contributed by atoms with Crippen LogP contribution in [0, 0.1) is 0 Å². The number of carbonyl (C=O) groups is 1. The standard InChI is InChI=1S/C24H32N3O3P/c1-5-25-18-8-10-26(11-9-18)19-12-16(2)24-27(15-19)23(28)14-22(31-24)17-6-7-20(29-3)21(13-17)30-4/h6-7,12-15,18,24-25,31H,5,8-11H2,1-4H3. The predicted molar refractivity (Wildman–Crippen MR) is 127 cm³/mol. The Morgan fingerprint density at radius 1 is 1.13 bits per heavy atom. The van der Waals surface area contributed by atoms with E-state index in [1.54, 1.807) is 20.3 Å². The van der Waals surface area contributed by atoms with E-state index in [9.17, 15) is 4.79 Å². The van der Waals surface area contributed by atoms with Crippen LogP contribution < -0.4 is 14.8 Å². The number of likely N-dealkylation sites (tertiary alicyclic amines) is 1. The minimum Gasteiger partial charge on any atom is -0.493 e. The Bertz CT molecular complexity index is 932. The molecule has 1 aromatic carbocycles. The van der Waals surface area contributed by atoms with E-state index in [2.05, 4.69) is 36.3 Å². The van der Waals surface area contributed by atoms with Gasteiger partial charge in [-0.3, -0.25) is 4.79 Å². The number of methoxy groups -OCH3 is 2. The molecule has 1 fully saturated rings. The number of allylic oxidation sites excluding steroid dienone is 1. The smallest absolute Gasteiger partial charge is 0.252 e. The van der Waals surface area contributed by atoms with E-state index >= 15 is 0 Å². The summed E-state index contributed by atoms with van der Waals surface area (Å²) in [5, 5.41) is 4.61. The van der Waals surface area contributed by atoms with Crippen LogP contribution in [0.3, 0.4) is 0 Å². The molecule has 2 unspecified atom stereocenters. The SMILES string of the molecule is CCNC1CCN(C2=CN3C(=O)C=C(c4ccc(OC)c(OC)c4)PC3C(C)=C2)CC1. The Kier molecular flexibility index (Phi) is 6.68. The van der Waals surface area contributed by atoms with E-state index < -0.39 is 0 Å². The maximum Gasteiger partial charge on any atom is 0.252 e. The summed E-state index contributed by atoms with van der Waals surface area (Å²) in [6.45, 7) is 7.37. The highest BCUT2D eigenvalue weighted by atomic mass is 31.1. The highest BCUT2D eigenvalue weighted by Crippen LogP contribution is 2.48. The topological polar surface area (TPSA) is 54.0 Å². The molecule has 2 atom stereocenters. The van der Waals surface area contributed by atoms with E-state index in [4.69, 9.17) is 9.47 Å². The van der Waals surface area contributed by atoms with Gasteiger partial charge in [-0.1, -0.05) is 21.6 Å². The minimum atomic E-state index is 0.0426. The van der Waals surface area contributed by atoms with E-state index in [1.165, 1.54) is 5.57 Å². The maximum absolute atomic E-state index is 13.1. The lowest BCUT2D eigenvalue weighted by Gasteiger charge is -2.41. The molecule has 1 N–H and O–H groups in total. The van der Waals surface area contributed by atoms with Crippen LogP contribution in [0.4, 0.5) is 0 Å². The number of benzene rings is 1. The molecule has 3 aliphatic heterocycles. The first kappa shape index (κ1) is 21.9. The predicted octanol–water partition coefficient (Wildman–Crippen LogP) is 3.77. The summed E-state index contributed by atoms with van der Waals surface area (Å²) in [5.41, 5.74) is 3.41. The number of piperidine rings is 1. The monoisotopic (exact) mass is 441 g/mol. The van der Waals surface area contributed by atoms with Gasteiger partial charge in [-0.2, -0.15) is 0 Å². The number of hydrogen-bond acceptors (Lipinski definition) is 5. The molecule has 3 aliphatic rings. The van der Waals surface area contributed by atoms with Gasteiger partial charge in [-0.25, -0.2) is 0 Å². The van der Waals surface area contributed by atoms with Gasteiger partial charge in [-0.05, 0) is 61.0 Å². The van der Waals surface area contributed by atoms with Gasteiger partial charge in [0.1, 0.15) is 0 Å². The van der Waals surface area contributed by atoms with Crippen molar-refractivity contribution in [3.05, 3.63) is 53.4 Å². The summed E-state index contributed by atoms with van der Waals surface area (Å²) in [6.07, 6.45) is 8.39. The Morgan fingerprint density at radius 2 is 1.87 bits per heavy atom. The van der Waals surface area contributed by atoms with Crippen LogP contribution >= 0.6 is 8.58 Å². The van der Waals surface area contributed by atoms with Gasteiger partial charge in [0.2, 0.25) is 0 Å². The number of rotatable bonds is 6. The quantitative estimate of drug-likeness (QED) is 0.682. The Balaban J connectivity index is 1.54. The number of nitrogens with one attached hydrogen (secondary N) is 1. The Hall–Kier alpha value is -2.30. The summed E-state index contributed by atoms with van der Waals surface area (Å²) in [4.78, 5) is 17.4. The van der Waals surface area contributed by atoms with Crippen LogP contribution in [-0.2, 0) is 4.79 Å². The maximum atomic E-state index is 13.1. The zero-order valence-corrected chi connectivity index (χ0v) is 19.8. The van der Waals surface area contributed by atoms with E-state index in [-0.39, 0.29) is 11.7 Å². The first-order valence-corrected chi connectivity index (χ1v) is 12.0. The largest absolute Gasteiger partial charge is 0.493 e. The summed E-state index contributed by atoms with van der Waals surface area (Å²) < 4.78 is 10.8. The van der Waals surface area contributed by atoms with Crippen LogP contribution in [0.2, 0.25) is 0 Å². The lowest BCUT2D eigenvalue weighted by Crippen LogP contribution is -2.44. The van der Waals surface area contributed by atoms with Crippen molar-refractivity contribution in [1.29, 1.82) is 0 Å². The molecule has 166 valence electrons. The third kappa shape index (κ3) is 4.51. The Labute approximate surface area is 186 Å². The summed E-state index contributed by atoms with van der Waals surface area (Å²) >= 11 is 0. The van der Waals surface area contributed by atoms with Crippen molar-refractivity contribution in [2.24, 2.45) is 0 Å². The molecule has 31 heavy (non-hydrogen) atoms. The average Bonchev–Trinajstić information content (AvgIpc) is 2.79. The number of fused-ring (bicyclic) bond motifs is 1. The first-order valence-electron chi connectivity index (χ1n) is 10.9. The number of amides is 1. The van der Waals surface area contributed by atoms with E-state index in [1.807, 2.05) is 23.1 Å². The van der Waals surface area contributed by atoms with Crippen molar-refractivity contribution in [2.75, 3.05) is 33.9 Å². The normalized spacial score (nSPS) is 22.6. The highest BCUT2D eigenvalue weighted by Gasteiger charge is 2.33. The van der Waals surface area contributed by atoms with Gasteiger partial charge < -0.3 is 24.6 Å². The van der Waals surface area contributed by atoms with Gasteiger partial charge in [0.25, 0.3) is 5.91 Å². The van der Waals surface area contributed by atoms with Crippen molar-refractivity contribution >= 4 is 19.8 Å². The lowest BCUT2D eigenvalue weighted by atomic mass is 10.0. The van der Waals surface area contributed by atoms with Crippen LogP contribution in [-0.4, -0.2) is 61.4 Å². The number of hydrogen-bond donors (Lipinski definition) is 1. The van der Waals surface area contributed by atoms with Gasteiger partial charge in [-0.15, -0.1) is 0 Å². The van der Waals surface area contributed by atoms with Crippen molar-refractivity contribution in [1.82, 2.24) is 15.1 Å². The van der Waals surface area contributed by atoms with Crippen molar-refractivity contribution in [2.45, 2.75) is 38.5 Å². The number of carbonyl (C=O) groups excluding carboxylic acids is 1. The molecule has 0 aromatic heterocycles. The first-order chi connectivity index (χ1) is 15.0. The Morgan fingerprint density at radius 3 is 2.55 bits per heavy atom. The molecule has 1 saturated heterocycles. The number of ether oxygens (including phenoxy) is 2. The molecule has 0 aliphatic carbocycles. The molecule has 0 radical (unpaired) electrons. The van der Waals surface area contributed by atoms with Crippen molar-refractivity contribution in [3.8, 4) is 11.5 Å². The van der Waals surface area contributed by atoms with E-state index in [0.717, 1.165) is 49.1 Å². The molecule has 1 amide bonds. The summed E-state index contributed by atoms with van der Waals surface area (Å²) in [5.74, 6) is 1.50. The fraction of sp³-hybridized carbons (Fsp3) is 0.458. The second-order valence-electron chi connectivity index (χ2n) is 8.18. The van der Waals surface area contributed by atoms with Crippen molar-refractivity contribution in [3.63, 3.8) is 0 Å². The van der Waals surface area contributed by atoms with Gasteiger partial charge in [0, 0.05) is 31.4 Å². The molecule has 0 spiro atoms. The van der Waals surface area contributed by atoms with Crippen LogP contribution in [0.1, 0.15) is 32.3 Å². The fourth-order valence-electron chi connectivity index (χ4n) is 4.52. The van der Waals surface area contributed by atoms with Gasteiger partial charge >= 0.3 is 0 Å². The van der Waals surface area contributed by atoms with Gasteiger partial charge in [0.05, 0.1) is 25.7 Å². The zero-order chi connectivity index (χ0) is 22.0. The second kappa shape index (κ2) is 9.46. The third-order valence-electron chi connectivity index (χ3n) is 6.22. The molecule has 3 heterocycles. The fourth-order valence-corrected chi connectivity index (χ4v) is 6.00. The molecule has 6 nitrogen and oxygen atoms in total. The minimum absolute atomic E-state index is 0.0426. The van der Waals surface area contributed by atoms with Gasteiger partial charge in [0.15, 0.2) is 11.5 Å². The average molecular weight is 442 g/mol. The molecule has 1 aromatic rings. The highest BCUT2D eigenvalue weighted by molar-refractivity contribution is 7.51. The summed E-state index contributed by atoms with van der Waals surface area (Å²) in [7, 11) is 3.75. The molecular weight excluding hydrogens is 409 g/mol.